The fourth-order valence-corrected chi connectivity index (χ4v) is 3.58. The van der Waals surface area contributed by atoms with Gasteiger partial charge < -0.3 is 5.32 Å². The van der Waals surface area contributed by atoms with Gasteiger partial charge in [-0.2, -0.15) is 0 Å². The fourth-order valence-electron chi connectivity index (χ4n) is 3.33. The molecule has 1 atom stereocenters. The molecule has 0 aliphatic carbocycles. The lowest BCUT2D eigenvalue weighted by Gasteiger charge is -2.37. The smallest absolute Gasteiger partial charge is 0.255 e. The van der Waals surface area contributed by atoms with Crippen molar-refractivity contribution in [1.29, 1.82) is 0 Å². The summed E-state index contributed by atoms with van der Waals surface area (Å²) >= 11 is 5.96. The van der Waals surface area contributed by atoms with Crippen LogP contribution in [0.25, 0.3) is 0 Å². The minimum atomic E-state index is -2.69. The number of likely N-dealkylation sites (tertiary alicyclic amines) is 1. The van der Waals surface area contributed by atoms with Gasteiger partial charge in [0.25, 0.3) is 11.8 Å². The summed E-state index contributed by atoms with van der Waals surface area (Å²) in [6.45, 7) is 2.36. The molecule has 0 radical (unpaired) electrons. The molecule has 1 aliphatic heterocycles. The van der Waals surface area contributed by atoms with Crippen molar-refractivity contribution in [3.8, 4) is 0 Å². The Hall–Kier alpha value is -2.19. The van der Waals surface area contributed by atoms with Crippen molar-refractivity contribution < 1.29 is 18.0 Å². The summed E-state index contributed by atoms with van der Waals surface area (Å²) in [5, 5.41) is 2.68. The fraction of sp³-hybridized carbons (Fsp3) is 0.450. The van der Waals surface area contributed by atoms with Crippen LogP contribution in [-0.4, -0.2) is 46.3 Å². The van der Waals surface area contributed by atoms with E-state index in [-0.39, 0.29) is 43.1 Å². The van der Waals surface area contributed by atoms with Crippen molar-refractivity contribution in [2.45, 2.75) is 38.2 Å². The zero-order valence-electron chi connectivity index (χ0n) is 16.0. The highest BCUT2D eigenvalue weighted by atomic mass is 35.5. The lowest BCUT2D eigenvalue weighted by atomic mass is 10.0. The molecule has 5 nitrogen and oxygen atoms in total. The summed E-state index contributed by atoms with van der Waals surface area (Å²) in [5.74, 6) is -3.40. The molecular formula is C20H22ClF3N4O. The summed E-state index contributed by atoms with van der Waals surface area (Å²) in [4.78, 5) is 22.9. The van der Waals surface area contributed by atoms with Crippen molar-refractivity contribution >= 4 is 17.5 Å². The van der Waals surface area contributed by atoms with E-state index in [1.165, 1.54) is 12.1 Å². The molecule has 1 aromatic carbocycles. The van der Waals surface area contributed by atoms with Crippen LogP contribution in [0.1, 0.15) is 47.6 Å². The van der Waals surface area contributed by atoms with Gasteiger partial charge in [0.15, 0.2) is 0 Å². The molecule has 2 heterocycles. The average Bonchev–Trinajstić information content (AvgIpc) is 2.69. The largest absolute Gasteiger partial charge is 0.350 e. The minimum absolute atomic E-state index is 0.00676. The van der Waals surface area contributed by atoms with Gasteiger partial charge in [-0.25, -0.2) is 23.1 Å². The topological polar surface area (TPSA) is 58.1 Å². The third kappa shape index (κ3) is 5.25. The molecule has 29 heavy (non-hydrogen) atoms. The van der Waals surface area contributed by atoms with Gasteiger partial charge in [-0.3, -0.25) is 9.69 Å². The molecule has 3 rings (SSSR count). The second kappa shape index (κ2) is 9.09. The van der Waals surface area contributed by atoms with E-state index < -0.39 is 23.7 Å². The SMILES string of the molecule is CCc1ncc(C(CNC(=O)c2c(F)cccc2Cl)N2CCC(F)(F)CC2)cn1. The first-order valence-corrected chi connectivity index (χ1v) is 9.83. The number of aryl methyl sites for hydroxylation is 1. The molecule has 1 fully saturated rings. The number of amides is 1. The highest BCUT2D eigenvalue weighted by Gasteiger charge is 2.37. The Labute approximate surface area is 172 Å². The maximum Gasteiger partial charge on any atom is 0.255 e. The van der Waals surface area contributed by atoms with Crippen molar-refractivity contribution in [3.05, 3.63) is 58.4 Å². The lowest BCUT2D eigenvalue weighted by molar-refractivity contribution is -0.0632. The van der Waals surface area contributed by atoms with E-state index in [1.54, 1.807) is 12.4 Å². The van der Waals surface area contributed by atoms with Gasteiger partial charge >= 0.3 is 0 Å². The molecule has 0 spiro atoms. The van der Waals surface area contributed by atoms with Crippen molar-refractivity contribution in [1.82, 2.24) is 20.2 Å². The van der Waals surface area contributed by atoms with Crippen LogP contribution in [0.4, 0.5) is 13.2 Å². The van der Waals surface area contributed by atoms with Gasteiger partial charge in [-0.05, 0) is 12.1 Å². The molecule has 2 aromatic rings. The first-order chi connectivity index (χ1) is 13.8. The monoisotopic (exact) mass is 426 g/mol. The van der Waals surface area contributed by atoms with Crippen LogP contribution in [-0.2, 0) is 6.42 Å². The molecule has 1 N–H and O–H groups in total. The van der Waals surface area contributed by atoms with E-state index in [2.05, 4.69) is 15.3 Å². The Morgan fingerprint density at radius 3 is 2.52 bits per heavy atom. The summed E-state index contributed by atoms with van der Waals surface area (Å²) < 4.78 is 41.2. The Bertz CT molecular complexity index is 833. The zero-order valence-corrected chi connectivity index (χ0v) is 16.7. The number of carbonyl (C=O) groups excluding carboxylic acids is 1. The van der Waals surface area contributed by atoms with Gasteiger partial charge in [0.05, 0.1) is 16.6 Å². The third-order valence-corrected chi connectivity index (χ3v) is 5.36. The lowest BCUT2D eigenvalue weighted by Crippen LogP contribution is -2.45. The van der Waals surface area contributed by atoms with Crippen LogP contribution in [0.5, 0.6) is 0 Å². The van der Waals surface area contributed by atoms with E-state index in [4.69, 9.17) is 11.6 Å². The van der Waals surface area contributed by atoms with Crippen molar-refractivity contribution in [2.75, 3.05) is 19.6 Å². The van der Waals surface area contributed by atoms with Crippen LogP contribution < -0.4 is 5.32 Å². The predicted molar refractivity (Wildman–Crippen MR) is 104 cm³/mol. The number of benzene rings is 1. The number of piperidine rings is 1. The van der Waals surface area contributed by atoms with Crippen LogP contribution in [0.3, 0.4) is 0 Å². The number of hydrogen-bond donors (Lipinski definition) is 1. The Morgan fingerprint density at radius 1 is 1.28 bits per heavy atom. The number of nitrogens with one attached hydrogen (secondary N) is 1. The summed E-state index contributed by atoms with van der Waals surface area (Å²) in [7, 11) is 0. The highest BCUT2D eigenvalue weighted by Crippen LogP contribution is 2.32. The van der Waals surface area contributed by atoms with Crippen LogP contribution in [0.15, 0.2) is 30.6 Å². The average molecular weight is 427 g/mol. The number of halogens is 4. The molecule has 0 bridgehead atoms. The van der Waals surface area contributed by atoms with Gasteiger partial charge in [-0.1, -0.05) is 24.6 Å². The number of hydrogen-bond acceptors (Lipinski definition) is 4. The van der Waals surface area contributed by atoms with E-state index in [1.807, 2.05) is 11.8 Å². The maximum absolute atomic E-state index is 14.0. The molecular weight excluding hydrogens is 405 g/mol. The Morgan fingerprint density at radius 2 is 1.93 bits per heavy atom. The van der Waals surface area contributed by atoms with E-state index in [0.717, 1.165) is 6.07 Å². The number of carbonyl (C=O) groups is 1. The third-order valence-electron chi connectivity index (χ3n) is 5.04. The van der Waals surface area contributed by atoms with E-state index in [0.29, 0.717) is 17.8 Å². The summed E-state index contributed by atoms with van der Waals surface area (Å²) in [6, 6.07) is 3.59. The molecule has 1 amide bonds. The number of alkyl halides is 2. The normalized spacial score (nSPS) is 17.7. The standard InChI is InChI=1S/C20H22ClF3N4O/c1-2-17-25-10-13(11-26-17)16(28-8-6-20(23,24)7-9-28)12-27-19(29)18-14(21)4-3-5-15(18)22/h3-5,10-11,16H,2,6-9,12H2,1H3,(H,27,29). The van der Waals surface area contributed by atoms with E-state index >= 15 is 0 Å². The summed E-state index contributed by atoms with van der Waals surface area (Å²) in [6.07, 6.45) is 3.44. The first-order valence-electron chi connectivity index (χ1n) is 9.45. The Kier molecular flexibility index (Phi) is 6.74. The summed E-state index contributed by atoms with van der Waals surface area (Å²) in [5.41, 5.74) is 0.461. The molecule has 0 saturated carbocycles. The molecule has 1 unspecified atom stereocenters. The number of aromatic nitrogens is 2. The minimum Gasteiger partial charge on any atom is -0.350 e. The molecule has 1 aromatic heterocycles. The van der Waals surface area contributed by atoms with Gasteiger partial charge in [0.2, 0.25) is 0 Å². The number of rotatable bonds is 6. The van der Waals surface area contributed by atoms with Gasteiger partial charge in [0.1, 0.15) is 11.6 Å². The molecule has 1 aliphatic rings. The molecule has 1 saturated heterocycles. The van der Waals surface area contributed by atoms with Crippen LogP contribution in [0, 0.1) is 5.82 Å². The molecule has 156 valence electrons. The Balaban J connectivity index is 1.78. The molecule has 9 heteroatoms. The van der Waals surface area contributed by atoms with Crippen molar-refractivity contribution in [3.63, 3.8) is 0 Å². The first kappa shape index (κ1) is 21.5. The highest BCUT2D eigenvalue weighted by molar-refractivity contribution is 6.33. The number of nitrogens with zero attached hydrogens (tertiary/aromatic N) is 3. The van der Waals surface area contributed by atoms with Crippen molar-refractivity contribution in [2.24, 2.45) is 0 Å². The van der Waals surface area contributed by atoms with E-state index in [9.17, 15) is 18.0 Å². The maximum atomic E-state index is 14.0. The van der Waals surface area contributed by atoms with Gasteiger partial charge in [0, 0.05) is 56.9 Å². The zero-order chi connectivity index (χ0) is 21.0. The van der Waals surface area contributed by atoms with Gasteiger partial charge in [-0.15, -0.1) is 0 Å². The predicted octanol–water partition coefficient (Wildman–Crippen LogP) is 4.03. The van der Waals surface area contributed by atoms with Crippen LogP contribution in [0.2, 0.25) is 5.02 Å². The van der Waals surface area contributed by atoms with Crippen LogP contribution >= 0.6 is 11.6 Å². The second-order valence-corrected chi connectivity index (χ2v) is 7.41. The second-order valence-electron chi connectivity index (χ2n) is 7.00. The quantitative estimate of drug-likeness (QED) is 0.757.